The molecule has 0 saturated carbocycles. The first-order valence-electron chi connectivity index (χ1n) is 5.93. The van der Waals surface area contributed by atoms with E-state index >= 15 is 0 Å². The lowest BCUT2D eigenvalue weighted by molar-refractivity contribution is 0.0742. The third-order valence-corrected chi connectivity index (χ3v) is 3.24. The van der Waals surface area contributed by atoms with Crippen LogP contribution in [0.2, 0.25) is 0 Å². The number of nitrogens with one attached hydrogen (secondary N) is 1. The van der Waals surface area contributed by atoms with Crippen LogP contribution in [0.15, 0.2) is 36.5 Å². The number of amides is 1. The molecule has 0 aliphatic heterocycles. The van der Waals surface area contributed by atoms with Gasteiger partial charge >= 0.3 is 0 Å². The fraction of sp³-hybridized carbons (Fsp3) is 0.286. The number of nitrogens with zero attached hydrogens (tertiary/aromatic N) is 2. The van der Waals surface area contributed by atoms with Gasteiger partial charge in [-0.15, -0.1) is 0 Å². The van der Waals surface area contributed by atoms with Crippen LogP contribution in [0.1, 0.15) is 34.6 Å². The monoisotopic (exact) mass is 243 g/mol. The van der Waals surface area contributed by atoms with Crippen LogP contribution in [0.5, 0.6) is 0 Å². The number of hydrogen-bond acceptors (Lipinski definition) is 2. The topological polar surface area (TPSA) is 49.0 Å². The Labute approximate surface area is 107 Å². The molecule has 2 rings (SSSR count). The van der Waals surface area contributed by atoms with E-state index in [9.17, 15) is 4.79 Å². The number of hydrogen-bond donors (Lipinski definition) is 1. The first-order valence-corrected chi connectivity index (χ1v) is 5.93. The van der Waals surface area contributed by atoms with Gasteiger partial charge in [-0.05, 0) is 19.4 Å². The van der Waals surface area contributed by atoms with Gasteiger partial charge in [0.15, 0.2) is 0 Å². The lowest BCUT2D eigenvalue weighted by Gasteiger charge is -2.25. The number of rotatable bonds is 3. The maximum atomic E-state index is 12.3. The standard InChI is InChI=1S/C14H17N3O/c1-10-13(9-15-16-10)14(18)17(3)11(2)12-7-5-4-6-8-12/h4-9,11H,1-3H3,(H,15,16). The Hall–Kier alpha value is -2.10. The lowest BCUT2D eigenvalue weighted by atomic mass is 10.1. The van der Waals surface area contributed by atoms with E-state index in [1.807, 2.05) is 51.2 Å². The number of carbonyl (C=O) groups excluding carboxylic acids is 1. The number of carbonyl (C=O) groups is 1. The number of benzene rings is 1. The zero-order valence-electron chi connectivity index (χ0n) is 10.8. The molecule has 0 bridgehead atoms. The Morgan fingerprint density at radius 1 is 1.33 bits per heavy atom. The van der Waals surface area contributed by atoms with E-state index in [-0.39, 0.29) is 11.9 Å². The third-order valence-electron chi connectivity index (χ3n) is 3.24. The summed E-state index contributed by atoms with van der Waals surface area (Å²) in [5, 5.41) is 6.67. The number of H-pyrrole nitrogens is 1. The average molecular weight is 243 g/mol. The van der Waals surface area contributed by atoms with Gasteiger partial charge in [-0.3, -0.25) is 9.89 Å². The number of aryl methyl sites for hydroxylation is 1. The zero-order valence-corrected chi connectivity index (χ0v) is 10.8. The summed E-state index contributed by atoms with van der Waals surface area (Å²) in [6, 6.07) is 10.0. The average Bonchev–Trinajstić information content (AvgIpc) is 2.83. The van der Waals surface area contributed by atoms with Crippen LogP contribution >= 0.6 is 0 Å². The molecule has 0 fully saturated rings. The summed E-state index contributed by atoms with van der Waals surface area (Å²) in [6.07, 6.45) is 1.58. The molecule has 1 heterocycles. The molecule has 1 unspecified atom stereocenters. The molecule has 4 heteroatoms. The molecule has 94 valence electrons. The SMILES string of the molecule is Cc1[nH]ncc1C(=O)N(C)C(C)c1ccccc1. The van der Waals surface area contributed by atoms with Crippen molar-refractivity contribution < 1.29 is 4.79 Å². The Morgan fingerprint density at radius 2 is 2.00 bits per heavy atom. The molecule has 1 atom stereocenters. The Bertz CT molecular complexity index is 533. The predicted octanol–water partition coefficient (Wildman–Crippen LogP) is 2.55. The van der Waals surface area contributed by atoms with Gasteiger partial charge in [0.1, 0.15) is 0 Å². The maximum Gasteiger partial charge on any atom is 0.257 e. The predicted molar refractivity (Wildman–Crippen MR) is 70.3 cm³/mol. The highest BCUT2D eigenvalue weighted by atomic mass is 16.2. The summed E-state index contributed by atoms with van der Waals surface area (Å²) in [5.74, 6) is -0.0161. The van der Waals surface area contributed by atoms with Gasteiger partial charge < -0.3 is 4.90 Å². The van der Waals surface area contributed by atoms with Gasteiger partial charge in [-0.25, -0.2) is 0 Å². The van der Waals surface area contributed by atoms with E-state index in [0.717, 1.165) is 11.3 Å². The van der Waals surface area contributed by atoms with Gasteiger partial charge in [0, 0.05) is 12.7 Å². The van der Waals surface area contributed by atoms with Crippen molar-refractivity contribution in [1.82, 2.24) is 15.1 Å². The summed E-state index contributed by atoms with van der Waals surface area (Å²) in [7, 11) is 1.81. The molecule has 4 nitrogen and oxygen atoms in total. The van der Waals surface area contributed by atoms with Crippen molar-refractivity contribution in [3.05, 3.63) is 53.3 Å². The molecule has 0 spiro atoms. The highest BCUT2D eigenvalue weighted by Crippen LogP contribution is 2.20. The maximum absolute atomic E-state index is 12.3. The van der Waals surface area contributed by atoms with E-state index in [4.69, 9.17) is 0 Å². The van der Waals surface area contributed by atoms with Gasteiger partial charge in [0.2, 0.25) is 0 Å². The molecule has 0 saturated heterocycles. The first-order chi connectivity index (χ1) is 8.61. The molecule has 1 amide bonds. The van der Waals surface area contributed by atoms with Crippen molar-refractivity contribution in [2.75, 3.05) is 7.05 Å². The fourth-order valence-electron chi connectivity index (χ4n) is 1.89. The molecule has 1 N–H and O–H groups in total. The molecular formula is C14H17N3O. The fourth-order valence-corrected chi connectivity index (χ4v) is 1.89. The molecule has 0 radical (unpaired) electrons. The normalized spacial score (nSPS) is 12.2. The molecule has 0 aliphatic rings. The molecule has 1 aromatic heterocycles. The second-order valence-electron chi connectivity index (χ2n) is 4.41. The van der Waals surface area contributed by atoms with Crippen molar-refractivity contribution in [3.63, 3.8) is 0 Å². The summed E-state index contributed by atoms with van der Waals surface area (Å²) in [5.41, 5.74) is 2.54. The van der Waals surface area contributed by atoms with Crippen molar-refractivity contribution in [1.29, 1.82) is 0 Å². The Kier molecular flexibility index (Phi) is 3.46. The van der Waals surface area contributed by atoms with Crippen LogP contribution in [-0.2, 0) is 0 Å². The third kappa shape index (κ3) is 2.27. The van der Waals surface area contributed by atoms with E-state index in [1.165, 1.54) is 0 Å². The highest BCUT2D eigenvalue weighted by Gasteiger charge is 2.20. The zero-order chi connectivity index (χ0) is 13.1. The van der Waals surface area contributed by atoms with Gasteiger partial charge in [0.05, 0.1) is 17.8 Å². The molecular weight excluding hydrogens is 226 g/mol. The summed E-state index contributed by atoms with van der Waals surface area (Å²) in [6.45, 7) is 3.86. The van der Waals surface area contributed by atoms with Crippen molar-refractivity contribution in [3.8, 4) is 0 Å². The van der Waals surface area contributed by atoms with Gasteiger partial charge in [-0.1, -0.05) is 30.3 Å². The van der Waals surface area contributed by atoms with Gasteiger partial charge in [0.25, 0.3) is 5.91 Å². The van der Waals surface area contributed by atoms with Gasteiger partial charge in [-0.2, -0.15) is 5.10 Å². The van der Waals surface area contributed by atoms with Crippen LogP contribution < -0.4 is 0 Å². The minimum atomic E-state index is -0.0161. The molecule has 1 aromatic carbocycles. The summed E-state index contributed by atoms with van der Waals surface area (Å²) < 4.78 is 0. The largest absolute Gasteiger partial charge is 0.335 e. The van der Waals surface area contributed by atoms with Crippen LogP contribution in [0.3, 0.4) is 0 Å². The Morgan fingerprint density at radius 3 is 2.56 bits per heavy atom. The van der Waals surface area contributed by atoms with Crippen molar-refractivity contribution in [2.45, 2.75) is 19.9 Å². The van der Waals surface area contributed by atoms with E-state index in [0.29, 0.717) is 5.56 Å². The van der Waals surface area contributed by atoms with Crippen LogP contribution in [0, 0.1) is 6.92 Å². The Balaban J connectivity index is 2.20. The van der Waals surface area contributed by atoms with Crippen LogP contribution in [-0.4, -0.2) is 28.1 Å². The summed E-state index contributed by atoms with van der Waals surface area (Å²) in [4.78, 5) is 14.0. The number of aromatic amines is 1. The number of aromatic nitrogens is 2. The van der Waals surface area contributed by atoms with E-state index < -0.39 is 0 Å². The molecule has 2 aromatic rings. The molecule has 18 heavy (non-hydrogen) atoms. The first kappa shape index (κ1) is 12.4. The van der Waals surface area contributed by atoms with Crippen LogP contribution in [0.4, 0.5) is 0 Å². The van der Waals surface area contributed by atoms with E-state index in [1.54, 1.807) is 11.1 Å². The van der Waals surface area contributed by atoms with Crippen molar-refractivity contribution in [2.24, 2.45) is 0 Å². The van der Waals surface area contributed by atoms with Crippen LogP contribution in [0.25, 0.3) is 0 Å². The second kappa shape index (κ2) is 5.04. The minimum absolute atomic E-state index is 0.0161. The summed E-state index contributed by atoms with van der Waals surface area (Å²) >= 11 is 0. The quantitative estimate of drug-likeness (QED) is 0.900. The highest BCUT2D eigenvalue weighted by molar-refractivity contribution is 5.95. The second-order valence-corrected chi connectivity index (χ2v) is 4.41. The van der Waals surface area contributed by atoms with E-state index in [2.05, 4.69) is 10.2 Å². The smallest absolute Gasteiger partial charge is 0.257 e. The molecule has 0 aliphatic carbocycles. The lowest BCUT2D eigenvalue weighted by Crippen LogP contribution is -2.29. The van der Waals surface area contributed by atoms with Crippen molar-refractivity contribution >= 4 is 5.91 Å². The minimum Gasteiger partial charge on any atom is -0.335 e.